The highest BCUT2D eigenvalue weighted by Crippen LogP contribution is 2.23. The first-order valence-corrected chi connectivity index (χ1v) is 5.76. The fraction of sp³-hybridized carbons (Fsp3) is 0.308. The molecule has 2 aromatic heterocycles. The van der Waals surface area contributed by atoms with Gasteiger partial charge in [-0.1, -0.05) is 6.07 Å². The van der Waals surface area contributed by atoms with Crippen LogP contribution in [-0.2, 0) is 13.6 Å². The van der Waals surface area contributed by atoms with E-state index in [0.29, 0.717) is 6.54 Å². The van der Waals surface area contributed by atoms with E-state index >= 15 is 0 Å². The van der Waals surface area contributed by atoms with Gasteiger partial charge in [0.1, 0.15) is 0 Å². The van der Waals surface area contributed by atoms with Crippen LogP contribution in [0.2, 0.25) is 0 Å². The summed E-state index contributed by atoms with van der Waals surface area (Å²) >= 11 is 0. The van der Waals surface area contributed by atoms with Gasteiger partial charge in [0.05, 0.1) is 16.7 Å². The van der Waals surface area contributed by atoms with Gasteiger partial charge in [0.25, 0.3) is 0 Å². The Bertz CT molecular complexity index is 718. The zero-order valence-corrected chi connectivity index (χ0v) is 10.4. The summed E-state index contributed by atoms with van der Waals surface area (Å²) < 4.78 is 4.17. The highest BCUT2D eigenvalue weighted by atomic mass is 15.2. The van der Waals surface area contributed by atoms with Crippen molar-refractivity contribution >= 4 is 16.8 Å². The van der Waals surface area contributed by atoms with Crippen molar-refractivity contribution in [1.82, 2.24) is 14.0 Å². The minimum atomic E-state index is 0.534. The summed E-state index contributed by atoms with van der Waals surface area (Å²) in [6, 6.07) is 4.26. The fourth-order valence-corrected chi connectivity index (χ4v) is 2.30. The summed E-state index contributed by atoms with van der Waals surface area (Å²) in [6.07, 6.45) is 2.07. The highest BCUT2D eigenvalue weighted by molar-refractivity contribution is 5.83. The Morgan fingerprint density at radius 2 is 2.06 bits per heavy atom. The molecule has 0 aliphatic carbocycles. The SMILES string of the molecule is Cc1ccc2c(nc3n(C)c(CN)cn23)c1C. The van der Waals surface area contributed by atoms with Crippen molar-refractivity contribution in [3.8, 4) is 0 Å². The van der Waals surface area contributed by atoms with E-state index in [2.05, 4.69) is 41.1 Å². The second-order valence-electron chi connectivity index (χ2n) is 4.54. The van der Waals surface area contributed by atoms with Gasteiger partial charge in [-0.15, -0.1) is 0 Å². The number of rotatable bonds is 1. The number of aromatic nitrogens is 3. The van der Waals surface area contributed by atoms with Crippen LogP contribution < -0.4 is 5.73 Å². The minimum absolute atomic E-state index is 0.534. The summed E-state index contributed by atoms with van der Waals surface area (Å²) in [5, 5.41) is 0. The monoisotopic (exact) mass is 228 g/mol. The average Bonchev–Trinajstić information content (AvgIpc) is 2.82. The maximum Gasteiger partial charge on any atom is 0.214 e. The van der Waals surface area contributed by atoms with Gasteiger partial charge in [-0.2, -0.15) is 0 Å². The van der Waals surface area contributed by atoms with E-state index in [1.165, 1.54) is 11.1 Å². The number of aryl methyl sites for hydroxylation is 3. The van der Waals surface area contributed by atoms with E-state index in [-0.39, 0.29) is 0 Å². The number of nitrogens with two attached hydrogens (primary N) is 1. The van der Waals surface area contributed by atoms with E-state index < -0.39 is 0 Å². The third-order valence-corrected chi connectivity index (χ3v) is 3.59. The van der Waals surface area contributed by atoms with E-state index in [9.17, 15) is 0 Å². The smallest absolute Gasteiger partial charge is 0.214 e. The van der Waals surface area contributed by atoms with Crippen LogP contribution in [-0.4, -0.2) is 14.0 Å². The zero-order valence-electron chi connectivity index (χ0n) is 10.4. The molecule has 4 nitrogen and oxygen atoms in total. The van der Waals surface area contributed by atoms with Crippen LogP contribution in [0.15, 0.2) is 18.3 Å². The highest BCUT2D eigenvalue weighted by Gasteiger charge is 2.12. The molecular weight excluding hydrogens is 212 g/mol. The lowest BCUT2D eigenvalue weighted by Gasteiger charge is -2.00. The molecular formula is C13H16N4. The molecule has 0 aliphatic heterocycles. The predicted molar refractivity (Wildman–Crippen MR) is 69.0 cm³/mol. The lowest BCUT2D eigenvalue weighted by molar-refractivity contribution is 0.840. The van der Waals surface area contributed by atoms with Gasteiger partial charge in [-0.05, 0) is 31.0 Å². The Morgan fingerprint density at radius 3 is 2.76 bits per heavy atom. The lowest BCUT2D eigenvalue weighted by atomic mass is 10.1. The number of fused-ring (bicyclic) bond motifs is 3. The topological polar surface area (TPSA) is 48.2 Å². The van der Waals surface area contributed by atoms with Crippen molar-refractivity contribution in [2.45, 2.75) is 20.4 Å². The standard InChI is InChI=1S/C13H16N4/c1-8-4-5-11-12(9(8)2)15-13-16(3)10(6-14)7-17(11)13/h4-5,7H,6,14H2,1-3H3. The molecule has 0 saturated carbocycles. The quantitative estimate of drug-likeness (QED) is 0.691. The molecule has 0 spiro atoms. The van der Waals surface area contributed by atoms with Crippen molar-refractivity contribution in [3.63, 3.8) is 0 Å². The molecule has 0 saturated heterocycles. The molecule has 0 radical (unpaired) electrons. The molecule has 88 valence electrons. The van der Waals surface area contributed by atoms with Crippen molar-refractivity contribution in [1.29, 1.82) is 0 Å². The van der Waals surface area contributed by atoms with Crippen LogP contribution in [0.5, 0.6) is 0 Å². The minimum Gasteiger partial charge on any atom is -0.325 e. The van der Waals surface area contributed by atoms with Crippen molar-refractivity contribution in [3.05, 3.63) is 35.2 Å². The van der Waals surface area contributed by atoms with E-state index in [1.807, 2.05) is 7.05 Å². The van der Waals surface area contributed by atoms with Crippen LogP contribution in [0.3, 0.4) is 0 Å². The molecule has 0 bridgehead atoms. The molecule has 0 amide bonds. The molecule has 17 heavy (non-hydrogen) atoms. The number of benzene rings is 1. The van der Waals surface area contributed by atoms with Gasteiger partial charge in [0, 0.05) is 19.8 Å². The van der Waals surface area contributed by atoms with Gasteiger partial charge < -0.3 is 10.3 Å². The summed E-state index contributed by atoms with van der Waals surface area (Å²) in [5.74, 6) is 0.953. The van der Waals surface area contributed by atoms with E-state index in [1.54, 1.807) is 0 Å². The second-order valence-corrected chi connectivity index (χ2v) is 4.54. The van der Waals surface area contributed by atoms with Crippen molar-refractivity contribution < 1.29 is 0 Å². The first-order chi connectivity index (χ1) is 8.13. The number of hydrogen-bond donors (Lipinski definition) is 1. The first-order valence-electron chi connectivity index (χ1n) is 5.76. The van der Waals surface area contributed by atoms with Crippen LogP contribution in [0.25, 0.3) is 16.8 Å². The van der Waals surface area contributed by atoms with E-state index in [0.717, 1.165) is 22.5 Å². The number of imidazole rings is 2. The van der Waals surface area contributed by atoms with Crippen molar-refractivity contribution in [2.75, 3.05) is 0 Å². The average molecular weight is 228 g/mol. The van der Waals surface area contributed by atoms with Crippen LogP contribution in [0.4, 0.5) is 0 Å². The maximum absolute atomic E-state index is 5.71. The molecule has 2 heterocycles. The number of hydrogen-bond acceptors (Lipinski definition) is 2. The van der Waals surface area contributed by atoms with Crippen molar-refractivity contribution in [2.24, 2.45) is 12.8 Å². The third kappa shape index (κ3) is 1.24. The van der Waals surface area contributed by atoms with Crippen LogP contribution in [0.1, 0.15) is 16.8 Å². The molecule has 0 atom stereocenters. The van der Waals surface area contributed by atoms with Gasteiger partial charge in [0.15, 0.2) is 0 Å². The Morgan fingerprint density at radius 1 is 1.29 bits per heavy atom. The molecule has 1 aromatic carbocycles. The normalized spacial score (nSPS) is 11.8. The summed E-state index contributed by atoms with van der Waals surface area (Å²) in [5.41, 5.74) is 11.6. The van der Waals surface area contributed by atoms with Gasteiger partial charge in [-0.3, -0.25) is 4.40 Å². The molecule has 0 unspecified atom stereocenters. The van der Waals surface area contributed by atoms with Gasteiger partial charge >= 0.3 is 0 Å². The lowest BCUT2D eigenvalue weighted by Crippen LogP contribution is -2.03. The molecule has 2 N–H and O–H groups in total. The Kier molecular flexibility index (Phi) is 2.03. The Balaban J connectivity index is 2.49. The fourth-order valence-electron chi connectivity index (χ4n) is 2.30. The predicted octanol–water partition coefficient (Wildman–Crippen LogP) is 1.90. The summed E-state index contributed by atoms with van der Waals surface area (Å²) in [4.78, 5) is 4.71. The molecule has 0 fully saturated rings. The maximum atomic E-state index is 5.71. The summed E-state index contributed by atoms with van der Waals surface area (Å²) in [7, 11) is 2.01. The zero-order chi connectivity index (χ0) is 12.2. The van der Waals surface area contributed by atoms with Gasteiger partial charge in [0.2, 0.25) is 5.78 Å². The molecule has 3 aromatic rings. The Hall–Kier alpha value is -1.81. The second kappa shape index (κ2) is 3.34. The largest absolute Gasteiger partial charge is 0.325 e. The van der Waals surface area contributed by atoms with Gasteiger partial charge in [-0.25, -0.2) is 4.98 Å². The third-order valence-electron chi connectivity index (χ3n) is 3.59. The molecule has 4 heteroatoms. The summed E-state index contributed by atoms with van der Waals surface area (Å²) in [6.45, 7) is 4.77. The molecule has 3 rings (SSSR count). The number of nitrogens with zero attached hydrogens (tertiary/aromatic N) is 3. The van der Waals surface area contributed by atoms with Crippen LogP contribution in [0, 0.1) is 13.8 Å². The Labute approximate surface area is 99.7 Å². The molecule has 0 aliphatic rings. The van der Waals surface area contributed by atoms with Crippen LogP contribution >= 0.6 is 0 Å². The first kappa shape index (κ1) is 10.4. The van der Waals surface area contributed by atoms with E-state index in [4.69, 9.17) is 10.7 Å².